The number of hydrogen-bond donors (Lipinski definition) is 1. The Morgan fingerprint density at radius 2 is 1.87 bits per heavy atom. The number of phenolic OH excluding ortho intramolecular Hbond substituents is 1. The van der Waals surface area contributed by atoms with E-state index >= 15 is 0 Å². The van der Waals surface area contributed by atoms with E-state index in [1.54, 1.807) is 31.2 Å². The van der Waals surface area contributed by atoms with Crippen molar-refractivity contribution >= 4 is 23.8 Å². The largest absolute Gasteiger partial charge is 0.507 e. The molecule has 8 nitrogen and oxygen atoms in total. The molecule has 2 aromatic rings. The Balaban J connectivity index is 1.87. The predicted octanol–water partition coefficient (Wildman–Crippen LogP) is 6.11. The van der Waals surface area contributed by atoms with Gasteiger partial charge in [-0.2, -0.15) is 0 Å². The highest BCUT2D eigenvalue weighted by Crippen LogP contribution is 2.50. The number of phenols is 1. The molecule has 0 saturated carbocycles. The van der Waals surface area contributed by atoms with Crippen LogP contribution in [0.2, 0.25) is 0 Å². The van der Waals surface area contributed by atoms with Crippen LogP contribution in [0.25, 0.3) is 6.08 Å². The maximum atomic E-state index is 13.4. The molecule has 0 bridgehead atoms. The molecule has 0 radical (unpaired) electrons. The molecular formula is C31H36O8. The summed E-state index contributed by atoms with van der Waals surface area (Å²) in [5.74, 6) is -0.753. The van der Waals surface area contributed by atoms with Gasteiger partial charge in [-0.25, -0.2) is 4.79 Å². The fraction of sp³-hybridized carbons (Fsp3) is 0.452. The zero-order chi connectivity index (χ0) is 28.1. The standard InChI is InChI=1S/C31H36O8/c1-18(2)37-30-22(14-9-15-24(30)36-4)23-17-26(33)39-25-16-20-11-6-5-7-12-21(32)13-8-10-19(3)38-31(35)27(20)29(34)28(23)25/h6,9,11,14-16,18-19,23,34H,5,7-8,10,12-13,17H2,1-4H3/t19-,23-/m1/s1. The van der Waals surface area contributed by atoms with Crippen molar-refractivity contribution in [2.75, 3.05) is 7.11 Å². The Hall–Kier alpha value is -3.81. The fourth-order valence-corrected chi connectivity index (χ4v) is 5.11. The molecule has 8 heteroatoms. The maximum absolute atomic E-state index is 13.4. The molecule has 0 aromatic heterocycles. The third kappa shape index (κ3) is 6.44. The minimum absolute atomic E-state index is 0.0159. The monoisotopic (exact) mass is 536 g/mol. The van der Waals surface area contributed by atoms with Crippen molar-refractivity contribution in [1.82, 2.24) is 0 Å². The lowest BCUT2D eigenvalue weighted by Gasteiger charge is -2.29. The number of esters is 2. The Bertz CT molecular complexity index is 1280. The molecule has 2 aliphatic heterocycles. The molecular weight excluding hydrogens is 500 g/mol. The van der Waals surface area contributed by atoms with Crippen LogP contribution in [0.1, 0.15) is 98.7 Å². The molecule has 0 amide bonds. The Morgan fingerprint density at radius 1 is 1.10 bits per heavy atom. The normalized spacial score (nSPS) is 20.4. The molecule has 39 heavy (non-hydrogen) atoms. The van der Waals surface area contributed by atoms with Crippen molar-refractivity contribution in [3.05, 3.63) is 52.6 Å². The summed E-state index contributed by atoms with van der Waals surface area (Å²) in [4.78, 5) is 38.3. The van der Waals surface area contributed by atoms with Crippen molar-refractivity contribution in [3.8, 4) is 23.0 Å². The summed E-state index contributed by atoms with van der Waals surface area (Å²) in [6.07, 6.45) is 6.28. The van der Waals surface area contributed by atoms with Crippen molar-refractivity contribution in [3.63, 3.8) is 0 Å². The number of carbonyl (C=O) groups is 3. The lowest BCUT2D eigenvalue weighted by Crippen LogP contribution is -2.24. The second-order valence-electron chi connectivity index (χ2n) is 10.3. The van der Waals surface area contributed by atoms with E-state index < -0.39 is 24.0 Å². The molecule has 0 aliphatic carbocycles. The number of hydrogen-bond acceptors (Lipinski definition) is 8. The molecule has 0 saturated heterocycles. The summed E-state index contributed by atoms with van der Waals surface area (Å²) in [5, 5.41) is 11.7. The Labute approximate surface area is 228 Å². The number of methoxy groups -OCH3 is 1. The first-order chi connectivity index (χ1) is 18.7. The molecule has 2 atom stereocenters. The van der Waals surface area contributed by atoms with E-state index in [-0.39, 0.29) is 35.4 Å². The lowest BCUT2D eigenvalue weighted by molar-refractivity contribution is -0.135. The van der Waals surface area contributed by atoms with Crippen LogP contribution in [0.5, 0.6) is 23.0 Å². The van der Waals surface area contributed by atoms with Gasteiger partial charge in [0.15, 0.2) is 11.5 Å². The van der Waals surface area contributed by atoms with Gasteiger partial charge in [0, 0.05) is 29.9 Å². The summed E-state index contributed by atoms with van der Waals surface area (Å²) >= 11 is 0. The number of Topliss-reactive ketones (excluding diaryl/α,β-unsaturated/α-hetero) is 1. The molecule has 208 valence electrons. The minimum Gasteiger partial charge on any atom is -0.507 e. The molecule has 2 aromatic carbocycles. The number of ether oxygens (including phenoxy) is 4. The average Bonchev–Trinajstić information content (AvgIpc) is 2.87. The van der Waals surface area contributed by atoms with Crippen LogP contribution >= 0.6 is 0 Å². The summed E-state index contributed by atoms with van der Waals surface area (Å²) < 4.78 is 22.9. The SMILES string of the molecule is COc1cccc([C@H]2CC(=O)Oc3cc4c(c(O)c32)C(=O)O[C@H](C)CCCC(=O)CCCC=C4)c1OC(C)C. The number of para-hydroxylation sites is 1. The Morgan fingerprint density at radius 3 is 2.62 bits per heavy atom. The number of ketones is 1. The Kier molecular flexibility index (Phi) is 8.94. The predicted molar refractivity (Wildman–Crippen MR) is 146 cm³/mol. The number of aromatic hydroxyl groups is 1. The van der Waals surface area contributed by atoms with E-state index in [1.165, 1.54) is 7.11 Å². The fourth-order valence-electron chi connectivity index (χ4n) is 5.11. The quantitative estimate of drug-likeness (QED) is 0.368. The summed E-state index contributed by atoms with van der Waals surface area (Å²) in [5.41, 5.74) is 1.35. The number of benzene rings is 2. The van der Waals surface area contributed by atoms with Gasteiger partial charge in [0.2, 0.25) is 0 Å². The van der Waals surface area contributed by atoms with Gasteiger partial charge in [0.25, 0.3) is 0 Å². The van der Waals surface area contributed by atoms with Crippen LogP contribution in [0, 0.1) is 0 Å². The van der Waals surface area contributed by atoms with Gasteiger partial charge in [0.05, 0.1) is 25.7 Å². The summed E-state index contributed by atoms with van der Waals surface area (Å²) in [6, 6.07) is 6.97. The van der Waals surface area contributed by atoms with Crippen LogP contribution in [-0.2, 0) is 14.3 Å². The molecule has 2 heterocycles. The minimum atomic E-state index is -0.675. The third-order valence-electron chi connectivity index (χ3n) is 6.94. The van der Waals surface area contributed by atoms with Crippen molar-refractivity contribution < 1.29 is 38.4 Å². The first kappa shape index (κ1) is 28.2. The second-order valence-corrected chi connectivity index (χ2v) is 10.3. The third-order valence-corrected chi connectivity index (χ3v) is 6.94. The molecule has 2 aliphatic rings. The zero-order valence-corrected chi connectivity index (χ0v) is 23.0. The highest BCUT2D eigenvalue weighted by atomic mass is 16.5. The van der Waals surface area contributed by atoms with Gasteiger partial charge in [-0.1, -0.05) is 24.3 Å². The van der Waals surface area contributed by atoms with Gasteiger partial charge in [0.1, 0.15) is 22.8 Å². The van der Waals surface area contributed by atoms with Crippen LogP contribution in [-0.4, -0.2) is 42.1 Å². The van der Waals surface area contributed by atoms with Crippen molar-refractivity contribution in [2.45, 2.75) is 83.8 Å². The molecule has 0 fully saturated rings. The number of allylic oxidation sites excluding steroid dienone is 1. The molecule has 0 spiro atoms. The first-order valence-electron chi connectivity index (χ1n) is 13.5. The van der Waals surface area contributed by atoms with E-state index in [0.717, 1.165) is 0 Å². The van der Waals surface area contributed by atoms with E-state index in [0.29, 0.717) is 66.7 Å². The lowest BCUT2D eigenvalue weighted by atomic mass is 9.83. The van der Waals surface area contributed by atoms with Crippen LogP contribution in [0.15, 0.2) is 30.3 Å². The summed E-state index contributed by atoms with van der Waals surface area (Å²) in [6.45, 7) is 5.55. The van der Waals surface area contributed by atoms with Gasteiger partial charge in [-0.15, -0.1) is 0 Å². The zero-order valence-electron chi connectivity index (χ0n) is 23.0. The molecule has 4 rings (SSSR count). The van der Waals surface area contributed by atoms with E-state index in [4.69, 9.17) is 18.9 Å². The van der Waals surface area contributed by atoms with Gasteiger partial charge in [-0.3, -0.25) is 9.59 Å². The van der Waals surface area contributed by atoms with Crippen LogP contribution in [0.4, 0.5) is 0 Å². The molecule has 0 unspecified atom stereocenters. The van der Waals surface area contributed by atoms with Gasteiger partial charge < -0.3 is 24.1 Å². The molecule has 1 N–H and O–H groups in total. The van der Waals surface area contributed by atoms with Gasteiger partial charge in [-0.05, 0) is 64.2 Å². The second kappa shape index (κ2) is 12.4. The van der Waals surface area contributed by atoms with Crippen molar-refractivity contribution in [1.29, 1.82) is 0 Å². The van der Waals surface area contributed by atoms with Crippen LogP contribution in [0.3, 0.4) is 0 Å². The van der Waals surface area contributed by atoms with Crippen molar-refractivity contribution in [2.24, 2.45) is 0 Å². The maximum Gasteiger partial charge on any atom is 0.342 e. The summed E-state index contributed by atoms with van der Waals surface area (Å²) in [7, 11) is 1.54. The van der Waals surface area contributed by atoms with E-state index in [1.807, 2.05) is 26.0 Å². The average molecular weight is 537 g/mol. The number of carbonyl (C=O) groups excluding carboxylic acids is 3. The van der Waals surface area contributed by atoms with Gasteiger partial charge >= 0.3 is 11.9 Å². The highest BCUT2D eigenvalue weighted by molar-refractivity contribution is 5.98. The number of cyclic esters (lactones) is 1. The topological polar surface area (TPSA) is 108 Å². The smallest absolute Gasteiger partial charge is 0.342 e. The first-order valence-corrected chi connectivity index (χ1v) is 13.5. The van der Waals surface area contributed by atoms with E-state index in [2.05, 4.69) is 0 Å². The number of rotatable bonds is 4. The van der Waals surface area contributed by atoms with Crippen LogP contribution < -0.4 is 14.2 Å². The number of fused-ring (bicyclic) bond motifs is 2. The van der Waals surface area contributed by atoms with E-state index in [9.17, 15) is 19.5 Å². The highest BCUT2D eigenvalue weighted by Gasteiger charge is 2.37.